The van der Waals surface area contributed by atoms with E-state index in [9.17, 15) is 4.79 Å². The first-order valence-electron chi connectivity index (χ1n) is 8.39. The zero-order valence-electron chi connectivity index (χ0n) is 13.4. The lowest BCUT2D eigenvalue weighted by atomic mass is 10.1. The summed E-state index contributed by atoms with van der Waals surface area (Å²) in [6.45, 7) is 2.29. The van der Waals surface area contributed by atoms with Crippen molar-refractivity contribution in [3.05, 3.63) is 65.7 Å². The Morgan fingerprint density at radius 2 is 1.52 bits per heavy atom. The highest BCUT2D eigenvalue weighted by Crippen LogP contribution is 2.15. The molecule has 1 heterocycles. The number of likely N-dealkylation sites (tertiary alicyclic amines) is 1. The van der Waals surface area contributed by atoms with Gasteiger partial charge in [-0.05, 0) is 42.7 Å². The van der Waals surface area contributed by atoms with Gasteiger partial charge in [-0.2, -0.15) is 0 Å². The largest absolute Gasteiger partial charge is 0.489 e. The summed E-state index contributed by atoms with van der Waals surface area (Å²) in [5.74, 6) is 1.01. The van der Waals surface area contributed by atoms with Crippen LogP contribution >= 0.6 is 0 Å². The summed E-state index contributed by atoms with van der Waals surface area (Å²) in [5, 5.41) is 0. The molecule has 2 aromatic carbocycles. The Kier molecular flexibility index (Phi) is 5.30. The van der Waals surface area contributed by atoms with Crippen LogP contribution in [0.1, 0.15) is 41.6 Å². The van der Waals surface area contributed by atoms with Crippen molar-refractivity contribution in [2.45, 2.75) is 32.3 Å². The van der Waals surface area contributed by atoms with Gasteiger partial charge in [-0.3, -0.25) is 4.79 Å². The lowest BCUT2D eigenvalue weighted by Gasteiger charge is -2.20. The first kappa shape index (κ1) is 15.6. The quantitative estimate of drug-likeness (QED) is 0.843. The minimum Gasteiger partial charge on any atom is -0.489 e. The number of nitrogens with zero attached hydrogens (tertiary/aromatic N) is 1. The van der Waals surface area contributed by atoms with Crippen LogP contribution in [0.2, 0.25) is 0 Å². The normalized spacial score (nSPS) is 15.0. The molecule has 0 saturated carbocycles. The van der Waals surface area contributed by atoms with Crippen LogP contribution < -0.4 is 4.74 Å². The van der Waals surface area contributed by atoms with E-state index in [4.69, 9.17) is 4.74 Å². The third-order valence-corrected chi connectivity index (χ3v) is 4.24. The van der Waals surface area contributed by atoms with Gasteiger partial charge in [-0.25, -0.2) is 0 Å². The van der Waals surface area contributed by atoms with Crippen molar-refractivity contribution >= 4 is 5.91 Å². The number of hydrogen-bond donors (Lipinski definition) is 0. The van der Waals surface area contributed by atoms with Gasteiger partial charge in [-0.15, -0.1) is 0 Å². The number of carbonyl (C=O) groups excluding carboxylic acids is 1. The van der Waals surface area contributed by atoms with Crippen molar-refractivity contribution in [1.82, 2.24) is 4.90 Å². The van der Waals surface area contributed by atoms with Gasteiger partial charge in [0.05, 0.1) is 0 Å². The van der Waals surface area contributed by atoms with Crippen molar-refractivity contribution in [2.75, 3.05) is 13.1 Å². The van der Waals surface area contributed by atoms with Crippen LogP contribution in [0, 0.1) is 0 Å². The Bertz CT molecular complexity index is 614. The molecule has 1 aliphatic rings. The molecular formula is C20H23NO2. The third-order valence-electron chi connectivity index (χ3n) is 4.24. The molecule has 1 amide bonds. The van der Waals surface area contributed by atoms with E-state index >= 15 is 0 Å². The SMILES string of the molecule is O=C(c1ccc(COc2ccccc2)cc1)N1CCCCCC1. The zero-order valence-corrected chi connectivity index (χ0v) is 13.4. The summed E-state index contributed by atoms with van der Waals surface area (Å²) in [6.07, 6.45) is 4.71. The van der Waals surface area contributed by atoms with Crippen molar-refractivity contribution in [3.8, 4) is 5.75 Å². The second-order valence-electron chi connectivity index (χ2n) is 6.01. The van der Waals surface area contributed by atoms with Crippen molar-refractivity contribution in [3.63, 3.8) is 0 Å². The minimum absolute atomic E-state index is 0.155. The molecular weight excluding hydrogens is 286 g/mol. The maximum Gasteiger partial charge on any atom is 0.253 e. The molecule has 1 saturated heterocycles. The first-order chi connectivity index (χ1) is 11.3. The van der Waals surface area contributed by atoms with E-state index in [1.807, 2.05) is 59.5 Å². The van der Waals surface area contributed by atoms with Crippen LogP contribution in [-0.2, 0) is 6.61 Å². The Balaban J connectivity index is 1.59. The van der Waals surface area contributed by atoms with Crippen LogP contribution in [0.15, 0.2) is 54.6 Å². The summed E-state index contributed by atoms with van der Waals surface area (Å²) in [6, 6.07) is 17.6. The first-order valence-corrected chi connectivity index (χ1v) is 8.39. The highest BCUT2D eigenvalue weighted by Gasteiger charge is 2.16. The molecule has 23 heavy (non-hydrogen) atoms. The fourth-order valence-electron chi connectivity index (χ4n) is 2.88. The predicted octanol–water partition coefficient (Wildman–Crippen LogP) is 4.28. The highest BCUT2D eigenvalue weighted by atomic mass is 16.5. The monoisotopic (exact) mass is 309 g/mol. The van der Waals surface area contributed by atoms with Gasteiger partial charge < -0.3 is 9.64 Å². The van der Waals surface area contributed by atoms with Crippen molar-refractivity contribution in [1.29, 1.82) is 0 Å². The maximum absolute atomic E-state index is 12.5. The molecule has 0 aliphatic carbocycles. The van der Waals surface area contributed by atoms with E-state index in [1.165, 1.54) is 12.8 Å². The van der Waals surface area contributed by atoms with Gasteiger partial charge in [0.25, 0.3) is 5.91 Å². The molecule has 0 N–H and O–H groups in total. The average molecular weight is 309 g/mol. The standard InChI is InChI=1S/C20H23NO2/c22-20(21-14-6-1-2-7-15-21)18-12-10-17(11-13-18)16-23-19-8-4-3-5-9-19/h3-5,8-13H,1-2,6-7,14-16H2. The number of ether oxygens (including phenoxy) is 1. The summed E-state index contributed by atoms with van der Waals surface area (Å²) >= 11 is 0. The average Bonchev–Trinajstić information content (AvgIpc) is 2.90. The molecule has 3 heteroatoms. The topological polar surface area (TPSA) is 29.5 Å². The smallest absolute Gasteiger partial charge is 0.253 e. The molecule has 0 spiro atoms. The maximum atomic E-state index is 12.5. The van der Waals surface area contributed by atoms with Gasteiger partial charge in [0, 0.05) is 18.7 Å². The summed E-state index contributed by atoms with van der Waals surface area (Å²) in [5.41, 5.74) is 1.84. The number of hydrogen-bond acceptors (Lipinski definition) is 2. The number of amides is 1. The number of para-hydroxylation sites is 1. The van der Waals surface area contributed by atoms with Gasteiger partial charge in [0.15, 0.2) is 0 Å². The molecule has 3 nitrogen and oxygen atoms in total. The van der Waals surface area contributed by atoms with E-state index in [1.54, 1.807) is 0 Å². The molecule has 0 bridgehead atoms. The predicted molar refractivity (Wildman–Crippen MR) is 91.6 cm³/mol. The molecule has 3 rings (SSSR count). The minimum atomic E-state index is 0.155. The van der Waals surface area contributed by atoms with Gasteiger partial charge in [-0.1, -0.05) is 43.2 Å². The van der Waals surface area contributed by atoms with Gasteiger partial charge in [0.2, 0.25) is 0 Å². The number of rotatable bonds is 4. The lowest BCUT2D eigenvalue weighted by Crippen LogP contribution is -2.31. The second kappa shape index (κ2) is 7.82. The summed E-state index contributed by atoms with van der Waals surface area (Å²) in [7, 11) is 0. The Hall–Kier alpha value is -2.29. The molecule has 1 aliphatic heterocycles. The van der Waals surface area contributed by atoms with Crippen LogP contribution in [0.3, 0.4) is 0 Å². The molecule has 120 valence electrons. The van der Waals surface area contributed by atoms with Crippen molar-refractivity contribution in [2.24, 2.45) is 0 Å². The van der Waals surface area contributed by atoms with Gasteiger partial charge >= 0.3 is 0 Å². The fourth-order valence-corrected chi connectivity index (χ4v) is 2.88. The second-order valence-corrected chi connectivity index (χ2v) is 6.01. The van der Waals surface area contributed by atoms with Crippen LogP contribution in [0.5, 0.6) is 5.75 Å². The highest BCUT2D eigenvalue weighted by molar-refractivity contribution is 5.94. The molecule has 2 aromatic rings. The lowest BCUT2D eigenvalue weighted by molar-refractivity contribution is 0.0761. The summed E-state index contributed by atoms with van der Waals surface area (Å²) in [4.78, 5) is 14.5. The summed E-state index contributed by atoms with van der Waals surface area (Å²) < 4.78 is 5.73. The van der Waals surface area contributed by atoms with Crippen LogP contribution in [-0.4, -0.2) is 23.9 Å². The zero-order chi connectivity index (χ0) is 15.9. The Labute approximate surface area is 137 Å². The van der Waals surface area contributed by atoms with Gasteiger partial charge in [0.1, 0.15) is 12.4 Å². The van der Waals surface area contributed by atoms with E-state index in [0.717, 1.165) is 42.8 Å². The van der Waals surface area contributed by atoms with E-state index in [2.05, 4.69) is 0 Å². The third kappa shape index (κ3) is 4.35. The van der Waals surface area contributed by atoms with Crippen LogP contribution in [0.25, 0.3) is 0 Å². The molecule has 0 radical (unpaired) electrons. The number of carbonyl (C=O) groups is 1. The van der Waals surface area contributed by atoms with E-state index in [0.29, 0.717) is 6.61 Å². The molecule has 0 aromatic heterocycles. The number of benzene rings is 2. The van der Waals surface area contributed by atoms with Crippen molar-refractivity contribution < 1.29 is 9.53 Å². The Morgan fingerprint density at radius 1 is 0.870 bits per heavy atom. The van der Waals surface area contributed by atoms with Crippen LogP contribution in [0.4, 0.5) is 0 Å². The molecule has 0 unspecified atom stereocenters. The molecule has 0 atom stereocenters. The fraction of sp³-hybridized carbons (Fsp3) is 0.350. The van der Waals surface area contributed by atoms with E-state index in [-0.39, 0.29) is 5.91 Å². The van der Waals surface area contributed by atoms with E-state index < -0.39 is 0 Å². The molecule has 1 fully saturated rings. The Morgan fingerprint density at radius 3 is 2.17 bits per heavy atom.